The summed E-state index contributed by atoms with van der Waals surface area (Å²) in [5, 5.41) is 13.1. The molecule has 0 amide bonds. The summed E-state index contributed by atoms with van der Waals surface area (Å²) in [6.45, 7) is 0.266. The number of benzene rings is 1. The highest BCUT2D eigenvalue weighted by Crippen LogP contribution is 2.37. The predicted molar refractivity (Wildman–Crippen MR) is 64.3 cm³/mol. The van der Waals surface area contributed by atoms with Crippen LogP contribution in [0.15, 0.2) is 23.3 Å². The van der Waals surface area contributed by atoms with Gasteiger partial charge in [0.2, 0.25) is 5.75 Å². The average molecular weight is 235 g/mol. The Bertz CT molecular complexity index is 440. The van der Waals surface area contributed by atoms with Gasteiger partial charge in [-0.15, -0.1) is 0 Å². The monoisotopic (exact) mass is 235 g/mol. The van der Waals surface area contributed by atoms with Crippen LogP contribution in [0.1, 0.15) is 5.56 Å². The Morgan fingerprint density at radius 2 is 1.94 bits per heavy atom. The normalized spacial score (nSPS) is 10.0. The summed E-state index contributed by atoms with van der Waals surface area (Å²) in [7, 11) is 2.92. The van der Waals surface area contributed by atoms with E-state index in [-0.39, 0.29) is 12.3 Å². The smallest absolute Gasteiger partial charge is 0.200 e. The van der Waals surface area contributed by atoms with Crippen LogP contribution >= 0.6 is 0 Å². The van der Waals surface area contributed by atoms with Gasteiger partial charge in [-0.1, -0.05) is 17.3 Å². The van der Waals surface area contributed by atoms with Crippen LogP contribution in [0.2, 0.25) is 0 Å². The summed E-state index contributed by atoms with van der Waals surface area (Å²) in [5.74, 6) is 0.614. The number of phenols is 1. The van der Waals surface area contributed by atoms with Crippen molar-refractivity contribution in [1.29, 1.82) is 0 Å². The molecule has 1 aromatic rings. The molecule has 6 heteroatoms. The summed E-state index contributed by atoms with van der Waals surface area (Å²) >= 11 is 0. The molecule has 0 saturated carbocycles. The third-order valence-corrected chi connectivity index (χ3v) is 2.06. The van der Waals surface area contributed by atoms with E-state index >= 15 is 0 Å². The first kappa shape index (κ1) is 12.7. The number of azide groups is 1. The Morgan fingerprint density at radius 3 is 2.41 bits per heavy atom. The van der Waals surface area contributed by atoms with Gasteiger partial charge in [0.25, 0.3) is 0 Å². The number of hydrogen-bond donors (Lipinski definition) is 1. The van der Waals surface area contributed by atoms with E-state index in [1.54, 1.807) is 24.3 Å². The Kier molecular flexibility index (Phi) is 4.72. The molecule has 6 nitrogen and oxygen atoms in total. The van der Waals surface area contributed by atoms with Crippen LogP contribution in [-0.2, 0) is 0 Å². The van der Waals surface area contributed by atoms with Crippen LogP contribution in [0.5, 0.6) is 17.2 Å². The second-order valence-corrected chi connectivity index (χ2v) is 3.09. The zero-order valence-corrected chi connectivity index (χ0v) is 9.62. The maximum Gasteiger partial charge on any atom is 0.200 e. The Balaban J connectivity index is 3.00. The van der Waals surface area contributed by atoms with E-state index in [2.05, 4.69) is 10.0 Å². The Hall–Kier alpha value is -2.33. The molecular formula is C11H13N3O3. The summed E-state index contributed by atoms with van der Waals surface area (Å²) in [5.41, 5.74) is 8.90. The topological polar surface area (TPSA) is 87.5 Å². The van der Waals surface area contributed by atoms with Crippen molar-refractivity contribution in [3.05, 3.63) is 34.2 Å². The van der Waals surface area contributed by atoms with Crippen LogP contribution in [-0.4, -0.2) is 25.9 Å². The lowest BCUT2D eigenvalue weighted by Gasteiger charge is -2.09. The maximum atomic E-state index is 9.68. The quantitative estimate of drug-likeness (QED) is 0.483. The van der Waals surface area contributed by atoms with Gasteiger partial charge in [0.15, 0.2) is 11.5 Å². The van der Waals surface area contributed by atoms with Gasteiger partial charge in [-0.2, -0.15) is 0 Å². The number of methoxy groups -OCH3 is 2. The Labute approximate surface area is 98.7 Å². The molecule has 0 aliphatic carbocycles. The minimum absolute atomic E-state index is 0.0396. The highest BCUT2D eigenvalue weighted by Gasteiger charge is 2.09. The molecule has 0 fully saturated rings. The van der Waals surface area contributed by atoms with E-state index in [1.807, 2.05) is 0 Å². The molecule has 0 aliphatic rings. The minimum Gasteiger partial charge on any atom is -0.502 e. The molecule has 0 aliphatic heterocycles. The van der Waals surface area contributed by atoms with Crippen LogP contribution in [0.25, 0.3) is 16.5 Å². The first-order chi connectivity index (χ1) is 8.22. The number of hydrogen-bond acceptors (Lipinski definition) is 4. The van der Waals surface area contributed by atoms with Gasteiger partial charge in [0, 0.05) is 11.5 Å². The van der Waals surface area contributed by atoms with Gasteiger partial charge < -0.3 is 14.6 Å². The second kappa shape index (κ2) is 6.30. The van der Waals surface area contributed by atoms with Crippen molar-refractivity contribution in [2.45, 2.75) is 0 Å². The Morgan fingerprint density at radius 1 is 1.35 bits per heavy atom. The summed E-state index contributed by atoms with van der Waals surface area (Å²) < 4.78 is 10.0. The molecule has 0 atom stereocenters. The van der Waals surface area contributed by atoms with Gasteiger partial charge in [-0.05, 0) is 23.2 Å². The minimum atomic E-state index is -0.0396. The number of phenolic OH excluding ortho intramolecular Hbond substituents is 1. The molecule has 0 heterocycles. The van der Waals surface area contributed by atoms with Crippen LogP contribution in [0, 0.1) is 0 Å². The SMILES string of the molecule is COc1cc(C=CCN=[N+]=[N-])cc(OC)c1O. The van der Waals surface area contributed by atoms with Crippen molar-refractivity contribution in [2.24, 2.45) is 5.11 Å². The lowest BCUT2D eigenvalue weighted by molar-refractivity contribution is 0.340. The molecule has 0 radical (unpaired) electrons. The van der Waals surface area contributed by atoms with Crippen molar-refractivity contribution >= 4 is 6.08 Å². The molecule has 0 unspecified atom stereocenters. The first-order valence-corrected chi connectivity index (χ1v) is 4.85. The molecule has 1 N–H and O–H groups in total. The van der Waals surface area contributed by atoms with Crippen LogP contribution < -0.4 is 9.47 Å². The zero-order chi connectivity index (χ0) is 12.7. The number of aromatic hydroxyl groups is 1. The van der Waals surface area contributed by atoms with Gasteiger partial charge in [-0.3, -0.25) is 0 Å². The molecule has 1 rings (SSSR count). The van der Waals surface area contributed by atoms with Gasteiger partial charge >= 0.3 is 0 Å². The third-order valence-electron chi connectivity index (χ3n) is 2.06. The van der Waals surface area contributed by atoms with E-state index in [9.17, 15) is 5.11 Å². The number of ether oxygens (including phenoxy) is 2. The van der Waals surface area contributed by atoms with Crippen molar-refractivity contribution in [2.75, 3.05) is 20.8 Å². The molecular weight excluding hydrogens is 222 g/mol. The van der Waals surface area contributed by atoms with E-state index < -0.39 is 0 Å². The highest BCUT2D eigenvalue weighted by molar-refractivity contribution is 5.61. The lowest BCUT2D eigenvalue weighted by Crippen LogP contribution is -1.90. The molecule has 0 bridgehead atoms. The lowest BCUT2D eigenvalue weighted by atomic mass is 10.1. The number of rotatable bonds is 5. The second-order valence-electron chi connectivity index (χ2n) is 3.09. The number of nitrogens with zero attached hydrogens (tertiary/aromatic N) is 3. The summed E-state index contributed by atoms with van der Waals surface area (Å²) in [4.78, 5) is 2.63. The molecule has 0 saturated heterocycles. The van der Waals surface area contributed by atoms with Gasteiger partial charge in [0.1, 0.15) is 0 Å². The summed E-state index contributed by atoms with van der Waals surface area (Å²) in [6.07, 6.45) is 3.45. The largest absolute Gasteiger partial charge is 0.502 e. The molecule has 0 spiro atoms. The molecule has 90 valence electrons. The van der Waals surface area contributed by atoms with Crippen molar-refractivity contribution in [3.63, 3.8) is 0 Å². The zero-order valence-electron chi connectivity index (χ0n) is 9.62. The summed E-state index contributed by atoms with van der Waals surface area (Å²) in [6, 6.07) is 3.31. The van der Waals surface area contributed by atoms with Crippen molar-refractivity contribution in [1.82, 2.24) is 0 Å². The highest BCUT2D eigenvalue weighted by atomic mass is 16.5. The van der Waals surface area contributed by atoms with Crippen molar-refractivity contribution in [3.8, 4) is 17.2 Å². The van der Waals surface area contributed by atoms with Gasteiger partial charge in [-0.25, -0.2) is 0 Å². The fourth-order valence-corrected chi connectivity index (χ4v) is 1.28. The first-order valence-electron chi connectivity index (χ1n) is 4.85. The standard InChI is InChI=1S/C11H13N3O3/c1-16-9-6-8(4-3-5-13-14-12)7-10(17-2)11(9)15/h3-4,6-7,15H,5H2,1-2H3. The molecule has 1 aromatic carbocycles. The molecule has 17 heavy (non-hydrogen) atoms. The van der Waals surface area contributed by atoms with Crippen LogP contribution in [0.3, 0.4) is 0 Å². The fraction of sp³-hybridized carbons (Fsp3) is 0.273. The third kappa shape index (κ3) is 3.32. The van der Waals surface area contributed by atoms with Crippen molar-refractivity contribution < 1.29 is 14.6 Å². The maximum absolute atomic E-state index is 9.68. The van der Waals surface area contributed by atoms with E-state index in [0.29, 0.717) is 11.5 Å². The van der Waals surface area contributed by atoms with Gasteiger partial charge in [0.05, 0.1) is 14.2 Å². The van der Waals surface area contributed by atoms with E-state index in [4.69, 9.17) is 15.0 Å². The predicted octanol–water partition coefficient (Wildman–Crippen LogP) is 2.73. The average Bonchev–Trinajstić information content (AvgIpc) is 2.36. The van der Waals surface area contributed by atoms with E-state index in [1.165, 1.54) is 14.2 Å². The fourth-order valence-electron chi connectivity index (χ4n) is 1.28. The van der Waals surface area contributed by atoms with E-state index in [0.717, 1.165) is 5.56 Å². The molecule has 0 aromatic heterocycles. The van der Waals surface area contributed by atoms with Crippen LogP contribution in [0.4, 0.5) is 0 Å².